The lowest BCUT2D eigenvalue weighted by Gasteiger charge is -2.36. The second kappa shape index (κ2) is 7.15. The minimum atomic E-state index is -2.95. The van der Waals surface area contributed by atoms with Crippen LogP contribution in [0.25, 0.3) is 0 Å². The first kappa shape index (κ1) is 18.2. The number of thiocarbonyl (C=S) groups is 1. The van der Waals surface area contributed by atoms with Gasteiger partial charge in [-0.1, -0.05) is 26.0 Å². The standard InChI is InChI=1S/C16H25N3O2S2/c1-12(2)13-5-7-14(8-6-13)17-16(22)19(18(3)4)15-9-10-23(20,21)11-15/h5-8,12,15H,9-11H2,1-4H3,(H,17,22)/t15-/m1/s1. The predicted molar refractivity (Wildman–Crippen MR) is 99.3 cm³/mol. The van der Waals surface area contributed by atoms with E-state index in [0.29, 0.717) is 17.5 Å². The van der Waals surface area contributed by atoms with Crippen LogP contribution in [0.15, 0.2) is 24.3 Å². The van der Waals surface area contributed by atoms with Crippen molar-refractivity contribution >= 4 is 32.9 Å². The molecule has 0 spiro atoms. The Bertz CT molecular complexity index is 654. The Hall–Kier alpha value is -1.18. The summed E-state index contributed by atoms with van der Waals surface area (Å²) in [6.07, 6.45) is 0.606. The fourth-order valence-corrected chi connectivity index (χ4v) is 4.90. The molecule has 1 aromatic carbocycles. The van der Waals surface area contributed by atoms with Gasteiger partial charge in [0.15, 0.2) is 14.9 Å². The van der Waals surface area contributed by atoms with Crippen molar-refractivity contribution in [1.29, 1.82) is 0 Å². The van der Waals surface area contributed by atoms with Gasteiger partial charge in [-0.05, 0) is 42.3 Å². The summed E-state index contributed by atoms with van der Waals surface area (Å²) in [5, 5.41) is 7.45. The second-order valence-electron chi connectivity index (χ2n) is 6.46. The number of nitrogens with zero attached hydrogens (tertiary/aromatic N) is 2. The van der Waals surface area contributed by atoms with E-state index in [4.69, 9.17) is 12.2 Å². The van der Waals surface area contributed by atoms with Crippen LogP contribution in [-0.2, 0) is 9.84 Å². The van der Waals surface area contributed by atoms with Crippen LogP contribution in [0, 0.1) is 0 Å². The molecule has 1 aromatic rings. The zero-order chi connectivity index (χ0) is 17.2. The van der Waals surface area contributed by atoms with Gasteiger partial charge in [0.25, 0.3) is 0 Å². The lowest BCUT2D eigenvalue weighted by molar-refractivity contribution is 0.0757. The normalized spacial score (nSPS) is 20.0. The number of sulfone groups is 1. The van der Waals surface area contributed by atoms with Gasteiger partial charge in [-0.15, -0.1) is 0 Å². The predicted octanol–water partition coefficient (Wildman–Crippen LogP) is 2.47. The molecule has 0 amide bonds. The Morgan fingerprint density at radius 1 is 1.26 bits per heavy atom. The molecule has 0 saturated carbocycles. The van der Waals surface area contributed by atoms with Crippen LogP contribution in [0.4, 0.5) is 5.69 Å². The Morgan fingerprint density at radius 3 is 2.30 bits per heavy atom. The molecule has 2 rings (SSSR count). The highest BCUT2D eigenvalue weighted by atomic mass is 32.2. The molecule has 0 radical (unpaired) electrons. The summed E-state index contributed by atoms with van der Waals surface area (Å²) in [6.45, 7) is 4.31. The number of benzene rings is 1. The van der Waals surface area contributed by atoms with Gasteiger partial charge in [0.1, 0.15) is 0 Å². The van der Waals surface area contributed by atoms with Crippen molar-refractivity contribution in [3.05, 3.63) is 29.8 Å². The Morgan fingerprint density at radius 2 is 1.87 bits per heavy atom. The first-order chi connectivity index (χ1) is 10.7. The molecular weight excluding hydrogens is 330 g/mol. The number of hydrazine groups is 1. The second-order valence-corrected chi connectivity index (χ2v) is 9.07. The molecule has 1 N–H and O–H groups in total. The van der Waals surface area contributed by atoms with Crippen molar-refractivity contribution in [3.8, 4) is 0 Å². The summed E-state index contributed by atoms with van der Waals surface area (Å²) in [4.78, 5) is 0. The Balaban J connectivity index is 2.09. The van der Waals surface area contributed by atoms with E-state index in [1.165, 1.54) is 5.56 Å². The molecular formula is C16H25N3O2S2. The SMILES string of the molecule is CC(C)c1ccc(NC(=S)N([C@@H]2CCS(=O)(=O)C2)N(C)C)cc1. The smallest absolute Gasteiger partial charge is 0.188 e. The van der Waals surface area contributed by atoms with Crippen molar-refractivity contribution < 1.29 is 8.42 Å². The molecule has 1 aliphatic rings. The van der Waals surface area contributed by atoms with E-state index in [-0.39, 0.29) is 17.5 Å². The number of anilines is 1. The molecule has 0 unspecified atom stereocenters. The van der Waals surface area contributed by atoms with Crippen molar-refractivity contribution in [2.45, 2.75) is 32.2 Å². The summed E-state index contributed by atoms with van der Waals surface area (Å²) in [5.74, 6) is 0.866. The summed E-state index contributed by atoms with van der Waals surface area (Å²) in [6, 6.07) is 8.05. The minimum Gasteiger partial charge on any atom is -0.332 e. The van der Waals surface area contributed by atoms with Crippen molar-refractivity contribution in [2.24, 2.45) is 0 Å². The van der Waals surface area contributed by atoms with Gasteiger partial charge < -0.3 is 5.32 Å². The molecule has 128 valence electrons. The van der Waals surface area contributed by atoms with Gasteiger partial charge in [-0.3, -0.25) is 5.01 Å². The third kappa shape index (κ3) is 4.65. The average molecular weight is 356 g/mol. The van der Waals surface area contributed by atoms with E-state index in [2.05, 4.69) is 31.3 Å². The van der Waals surface area contributed by atoms with Gasteiger partial charge in [0.05, 0.1) is 17.5 Å². The van der Waals surface area contributed by atoms with Crippen LogP contribution < -0.4 is 5.32 Å². The van der Waals surface area contributed by atoms with Crippen LogP contribution in [-0.4, -0.2) is 55.2 Å². The first-order valence-corrected chi connectivity index (χ1v) is 10.0. The Labute approximate surface area is 144 Å². The van der Waals surface area contributed by atoms with E-state index in [9.17, 15) is 8.42 Å². The highest BCUT2D eigenvalue weighted by Gasteiger charge is 2.34. The lowest BCUT2D eigenvalue weighted by atomic mass is 10.0. The number of hydrogen-bond donors (Lipinski definition) is 1. The highest BCUT2D eigenvalue weighted by Crippen LogP contribution is 2.21. The van der Waals surface area contributed by atoms with Gasteiger partial charge >= 0.3 is 0 Å². The Kier molecular flexibility index (Phi) is 5.65. The van der Waals surface area contributed by atoms with Crippen molar-refractivity contribution in [1.82, 2.24) is 10.0 Å². The number of nitrogens with one attached hydrogen (secondary N) is 1. The summed E-state index contributed by atoms with van der Waals surface area (Å²) < 4.78 is 23.5. The molecule has 0 aromatic heterocycles. The molecule has 5 nitrogen and oxygen atoms in total. The van der Waals surface area contributed by atoms with Crippen LogP contribution in [0.2, 0.25) is 0 Å². The van der Waals surface area contributed by atoms with E-state index in [1.807, 2.05) is 36.2 Å². The van der Waals surface area contributed by atoms with E-state index < -0.39 is 9.84 Å². The van der Waals surface area contributed by atoms with E-state index in [0.717, 1.165) is 5.69 Å². The van der Waals surface area contributed by atoms with Gasteiger partial charge in [-0.25, -0.2) is 13.4 Å². The zero-order valence-electron chi connectivity index (χ0n) is 14.1. The topological polar surface area (TPSA) is 52.7 Å². The summed E-state index contributed by atoms with van der Waals surface area (Å²) in [5.41, 5.74) is 2.18. The maximum atomic E-state index is 11.7. The molecule has 7 heteroatoms. The lowest BCUT2D eigenvalue weighted by Crippen LogP contribution is -2.51. The van der Waals surface area contributed by atoms with E-state index >= 15 is 0 Å². The highest BCUT2D eigenvalue weighted by molar-refractivity contribution is 7.91. The van der Waals surface area contributed by atoms with Gasteiger partial charge in [0.2, 0.25) is 0 Å². The fraction of sp³-hybridized carbons (Fsp3) is 0.562. The maximum Gasteiger partial charge on any atom is 0.188 e. The van der Waals surface area contributed by atoms with Crippen LogP contribution in [0.3, 0.4) is 0 Å². The third-order valence-electron chi connectivity index (χ3n) is 4.02. The summed E-state index contributed by atoms with van der Waals surface area (Å²) in [7, 11) is 0.800. The first-order valence-electron chi connectivity index (χ1n) is 7.77. The fourth-order valence-electron chi connectivity index (χ4n) is 2.77. The van der Waals surface area contributed by atoms with E-state index in [1.54, 1.807) is 0 Å². The largest absolute Gasteiger partial charge is 0.332 e. The quantitative estimate of drug-likeness (QED) is 0.661. The maximum absolute atomic E-state index is 11.7. The molecule has 1 aliphatic heterocycles. The average Bonchev–Trinajstić information content (AvgIpc) is 2.79. The van der Waals surface area contributed by atoms with Gasteiger partial charge in [0, 0.05) is 19.8 Å². The molecule has 1 heterocycles. The molecule has 23 heavy (non-hydrogen) atoms. The number of hydrogen-bond acceptors (Lipinski definition) is 4. The van der Waals surface area contributed by atoms with Crippen LogP contribution in [0.5, 0.6) is 0 Å². The number of rotatable bonds is 4. The zero-order valence-corrected chi connectivity index (χ0v) is 15.7. The van der Waals surface area contributed by atoms with Crippen molar-refractivity contribution in [3.63, 3.8) is 0 Å². The molecule has 1 fully saturated rings. The molecule has 0 aliphatic carbocycles. The van der Waals surface area contributed by atoms with Crippen LogP contribution in [0.1, 0.15) is 31.7 Å². The molecule has 0 bridgehead atoms. The third-order valence-corrected chi connectivity index (χ3v) is 6.06. The minimum absolute atomic E-state index is 0.107. The molecule has 1 atom stereocenters. The van der Waals surface area contributed by atoms with Crippen LogP contribution >= 0.6 is 12.2 Å². The summed E-state index contributed by atoms with van der Waals surface area (Å²) >= 11 is 5.51. The monoisotopic (exact) mass is 355 g/mol. The van der Waals surface area contributed by atoms with Gasteiger partial charge in [-0.2, -0.15) is 0 Å². The van der Waals surface area contributed by atoms with Crippen molar-refractivity contribution in [2.75, 3.05) is 30.9 Å². The molecule has 1 saturated heterocycles.